The second-order valence-electron chi connectivity index (χ2n) is 4.97. The summed E-state index contributed by atoms with van der Waals surface area (Å²) in [5.74, 6) is -7.48. The van der Waals surface area contributed by atoms with Crippen LogP contribution in [-0.4, -0.2) is 39.3 Å². The van der Waals surface area contributed by atoms with E-state index < -0.39 is 52.8 Å². The van der Waals surface area contributed by atoms with Gasteiger partial charge in [-0.05, 0) is 12.1 Å². The number of carbonyl (C=O) groups is 3. The molecule has 0 radical (unpaired) electrons. The van der Waals surface area contributed by atoms with E-state index in [4.69, 9.17) is 9.84 Å². The Bertz CT molecular complexity index is 789. The van der Waals surface area contributed by atoms with E-state index >= 15 is 0 Å². The highest BCUT2D eigenvalue weighted by molar-refractivity contribution is 6.03. The number of rotatable bonds is 2. The molecule has 0 spiro atoms. The Morgan fingerprint density at radius 1 is 1.29 bits per heavy atom. The minimum atomic E-state index is -2.00. The van der Waals surface area contributed by atoms with E-state index in [1.165, 1.54) is 0 Å². The third-order valence-corrected chi connectivity index (χ3v) is 3.40. The van der Waals surface area contributed by atoms with Gasteiger partial charge in [-0.15, -0.1) is 5.06 Å². The quantitative estimate of drug-likeness (QED) is 0.747. The molecule has 0 aliphatic carbocycles. The monoisotopic (exact) mass is 341 g/mol. The van der Waals surface area contributed by atoms with Crippen molar-refractivity contribution in [2.75, 3.05) is 0 Å². The minimum absolute atomic E-state index is 0.122. The van der Waals surface area contributed by atoms with E-state index in [1.54, 1.807) is 0 Å². The predicted molar refractivity (Wildman–Crippen MR) is 69.8 cm³/mol. The van der Waals surface area contributed by atoms with Crippen LogP contribution in [-0.2, 0) is 19.2 Å². The second kappa shape index (κ2) is 5.57. The summed E-state index contributed by atoms with van der Waals surface area (Å²) in [7, 11) is 0. The fraction of sp³-hybridized carbons (Fsp3) is 0.214. The van der Waals surface area contributed by atoms with E-state index in [1.807, 2.05) is 0 Å². The van der Waals surface area contributed by atoms with Gasteiger partial charge in [0.2, 0.25) is 12.1 Å². The number of hydroxylamine groups is 2. The lowest BCUT2D eigenvalue weighted by atomic mass is 10.1. The van der Waals surface area contributed by atoms with Gasteiger partial charge in [-0.1, -0.05) is 0 Å². The second-order valence-corrected chi connectivity index (χ2v) is 4.97. The van der Waals surface area contributed by atoms with Gasteiger partial charge in [0.15, 0.2) is 17.3 Å². The summed E-state index contributed by atoms with van der Waals surface area (Å²) < 4.78 is 31.8. The smallest absolute Gasteiger partial charge is 0.366 e. The molecular weight excluding hydrogens is 332 g/mol. The summed E-state index contributed by atoms with van der Waals surface area (Å²) in [6, 6.07) is 0.680. The van der Waals surface area contributed by atoms with Crippen LogP contribution < -0.4 is 4.74 Å². The number of aromatic hydroxyl groups is 1. The fourth-order valence-corrected chi connectivity index (χ4v) is 2.20. The van der Waals surface area contributed by atoms with Gasteiger partial charge in [-0.2, -0.15) is 4.39 Å². The number of phenolic OH excluding ortho intramolecular Hbond substituents is 1. The number of aliphatic hydroxyl groups excluding tert-OH is 1. The largest absolute Gasteiger partial charge is 0.503 e. The van der Waals surface area contributed by atoms with Crippen LogP contribution in [0.15, 0.2) is 11.6 Å². The van der Waals surface area contributed by atoms with Crippen molar-refractivity contribution in [3.05, 3.63) is 28.8 Å². The number of halogens is 2. The SMILES string of the molecule is O=C(ON1C(=O)CCC1=O)C1=Cc2cc(F)c(O)c(F)c2OC1O. The molecule has 2 aliphatic rings. The molecule has 8 nitrogen and oxygen atoms in total. The number of nitrogens with zero attached hydrogens (tertiary/aromatic N) is 1. The van der Waals surface area contributed by atoms with Crippen molar-refractivity contribution in [2.45, 2.75) is 19.1 Å². The number of fused-ring (bicyclic) bond motifs is 1. The molecular formula is C14H9F2NO7. The first-order chi connectivity index (χ1) is 11.3. The van der Waals surface area contributed by atoms with Gasteiger partial charge in [0.25, 0.3) is 11.8 Å². The Kier molecular flexibility index (Phi) is 3.68. The molecule has 2 aliphatic heterocycles. The molecule has 1 unspecified atom stereocenters. The molecule has 1 fully saturated rings. The lowest BCUT2D eigenvalue weighted by Gasteiger charge is -2.23. The van der Waals surface area contributed by atoms with Crippen LogP contribution >= 0.6 is 0 Å². The Morgan fingerprint density at radius 3 is 2.54 bits per heavy atom. The van der Waals surface area contributed by atoms with Crippen molar-refractivity contribution < 1.29 is 43.0 Å². The summed E-state index contributed by atoms with van der Waals surface area (Å²) in [5, 5.41) is 19.2. The fourth-order valence-electron chi connectivity index (χ4n) is 2.20. The van der Waals surface area contributed by atoms with Crippen molar-refractivity contribution in [1.82, 2.24) is 5.06 Å². The van der Waals surface area contributed by atoms with Crippen LogP contribution in [0.2, 0.25) is 0 Å². The maximum atomic E-state index is 13.7. The number of amides is 2. The number of hydrogen-bond acceptors (Lipinski definition) is 7. The number of ether oxygens (including phenoxy) is 1. The number of aliphatic hydroxyl groups is 1. The van der Waals surface area contributed by atoms with Gasteiger partial charge in [0.1, 0.15) is 5.57 Å². The molecule has 0 bridgehead atoms. The predicted octanol–water partition coefficient (Wildman–Crippen LogP) is 0.372. The molecule has 3 rings (SSSR count). The molecule has 0 saturated carbocycles. The molecule has 24 heavy (non-hydrogen) atoms. The Balaban J connectivity index is 1.92. The third kappa shape index (κ3) is 2.46. The molecule has 1 atom stereocenters. The number of phenols is 1. The maximum absolute atomic E-state index is 13.7. The molecule has 10 heteroatoms. The summed E-state index contributed by atoms with van der Waals surface area (Å²) in [5.41, 5.74) is -0.862. The molecule has 2 amide bonds. The topological polar surface area (TPSA) is 113 Å². The lowest BCUT2D eigenvalue weighted by Crippen LogP contribution is -2.36. The van der Waals surface area contributed by atoms with Crippen LogP contribution in [0.4, 0.5) is 8.78 Å². The van der Waals surface area contributed by atoms with E-state index in [0.717, 1.165) is 6.08 Å². The summed E-state index contributed by atoms with van der Waals surface area (Å²) in [6.07, 6.45) is -1.38. The van der Waals surface area contributed by atoms with Gasteiger partial charge in [0.05, 0.1) is 0 Å². The zero-order valence-electron chi connectivity index (χ0n) is 11.8. The Labute approximate surface area is 132 Å². The number of benzene rings is 1. The Morgan fingerprint density at radius 2 is 1.92 bits per heavy atom. The van der Waals surface area contributed by atoms with Crippen molar-refractivity contribution in [1.29, 1.82) is 0 Å². The van der Waals surface area contributed by atoms with Crippen LogP contribution in [0.3, 0.4) is 0 Å². The minimum Gasteiger partial charge on any atom is -0.503 e. The van der Waals surface area contributed by atoms with Gasteiger partial charge in [0, 0.05) is 18.4 Å². The zero-order valence-corrected chi connectivity index (χ0v) is 11.8. The molecule has 1 aromatic carbocycles. The van der Waals surface area contributed by atoms with E-state index in [0.29, 0.717) is 6.07 Å². The molecule has 2 heterocycles. The van der Waals surface area contributed by atoms with Gasteiger partial charge >= 0.3 is 5.97 Å². The number of hydrogen-bond donors (Lipinski definition) is 2. The van der Waals surface area contributed by atoms with Crippen LogP contribution in [0.25, 0.3) is 6.08 Å². The average Bonchev–Trinajstić information content (AvgIpc) is 2.85. The molecule has 1 aromatic rings. The van der Waals surface area contributed by atoms with Gasteiger partial charge < -0.3 is 19.8 Å². The highest BCUT2D eigenvalue weighted by Crippen LogP contribution is 2.37. The van der Waals surface area contributed by atoms with Crippen LogP contribution in [0.1, 0.15) is 18.4 Å². The van der Waals surface area contributed by atoms with Crippen molar-refractivity contribution in [3.63, 3.8) is 0 Å². The van der Waals surface area contributed by atoms with Crippen LogP contribution in [0.5, 0.6) is 11.5 Å². The van der Waals surface area contributed by atoms with E-state index in [2.05, 4.69) is 4.84 Å². The highest BCUT2D eigenvalue weighted by Gasteiger charge is 2.37. The third-order valence-electron chi connectivity index (χ3n) is 3.40. The first-order valence-electron chi connectivity index (χ1n) is 6.65. The standard InChI is InChI=1S/C14H9F2NO7/c15-7-4-5-3-6(13(21)23-12(5)10(16)11(7)20)14(22)24-17-8(18)1-2-9(17)19/h3-4,13,20-21H,1-2H2. The van der Waals surface area contributed by atoms with E-state index in [-0.39, 0.29) is 23.5 Å². The number of carbonyl (C=O) groups excluding carboxylic acids is 3. The van der Waals surface area contributed by atoms with Crippen molar-refractivity contribution in [3.8, 4) is 11.5 Å². The molecule has 126 valence electrons. The van der Waals surface area contributed by atoms with Gasteiger partial charge in [-0.3, -0.25) is 9.59 Å². The summed E-state index contributed by atoms with van der Waals surface area (Å²) in [4.78, 5) is 39.4. The zero-order chi connectivity index (χ0) is 17.6. The normalized spacial score (nSPS) is 19.7. The first-order valence-corrected chi connectivity index (χ1v) is 6.65. The molecule has 1 saturated heterocycles. The highest BCUT2D eigenvalue weighted by atomic mass is 19.1. The van der Waals surface area contributed by atoms with Crippen LogP contribution in [0, 0.1) is 11.6 Å². The van der Waals surface area contributed by atoms with Gasteiger partial charge in [-0.25, -0.2) is 9.18 Å². The summed E-state index contributed by atoms with van der Waals surface area (Å²) >= 11 is 0. The molecule has 2 N–H and O–H groups in total. The maximum Gasteiger partial charge on any atom is 0.366 e. The Hall–Kier alpha value is -3.01. The summed E-state index contributed by atoms with van der Waals surface area (Å²) in [6.45, 7) is 0. The first kappa shape index (κ1) is 15.9. The average molecular weight is 341 g/mol. The van der Waals surface area contributed by atoms with Crippen molar-refractivity contribution in [2.24, 2.45) is 0 Å². The lowest BCUT2D eigenvalue weighted by molar-refractivity contribution is -0.196. The number of imide groups is 1. The van der Waals surface area contributed by atoms with Crippen molar-refractivity contribution >= 4 is 23.9 Å². The van der Waals surface area contributed by atoms with E-state index in [9.17, 15) is 28.3 Å². The molecule has 0 aromatic heterocycles.